The number of carbonyl (C=O) groups is 1. The normalized spacial score (nSPS) is 18.3. The van der Waals surface area contributed by atoms with Crippen LogP contribution in [0.3, 0.4) is 0 Å². The number of nitrogens with one attached hydrogen (secondary N) is 2. The number of amides is 1. The van der Waals surface area contributed by atoms with E-state index in [1.807, 2.05) is 54.6 Å². The minimum absolute atomic E-state index is 0.00365. The number of ether oxygens (including phenoxy) is 2. The third kappa shape index (κ3) is 5.99. The second-order valence-corrected chi connectivity index (χ2v) is 8.74. The van der Waals surface area contributed by atoms with Crippen LogP contribution in [0.5, 0.6) is 17.2 Å². The van der Waals surface area contributed by atoms with Gasteiger partial charge in [0.2, 0.25) is 0 Å². The van der Waals surface area contributed by atoms with Gasteiger partial charge in [-0.2, -0.15) is 0 Å². The van der Waals surface area contributed by atoms with E-state index in [9.17, 15) is 4.79 Å². The van der Waals surface area contributed by atoms with E-state index in [0.29, 0.717) is 5.75 Å². The molecule has 2 aromatic rings. The average Bonchev–Trinajstić information content (AvgIpc) is 2.59. The van der Waals surface area contributed by atoms with Gasteiger partial charge in [0.05, 0.1) is 0 Å². The lowest BCUT2D eigenvalue weighted by molar-refractivity contribution is -0.124. The monoisotopic (exact) mass is 382 g/mol. The molecule has 5 nitrogen and oxygen atoms in total. The molecule has 5 heteroatoms. The largest absolute Gasteiger partial charge is 0.484 e. The van der Waals surface area contributed by atoms with Crippen LogP contribution in [0.2, 0.25) is 0 Å². The van der Waals surface area contributed by atoms with E-state index >= 15 is 0 Å². The summed E-state index contributed by atoms with van der Waals surface area (Å²) in [6.07, 6.45) is 1.79. The molecular formula is C23H30N2O3. The van der Waals surface area contributed by atoms with Gasteiger partial charge in [0.1, 0.15) is 17.2 Å². The maximum atomic E-state index is 12.3. The van der Waals surface area contributed by atoms with Gasteiger partial charge in [0.25, 0.3) is 5.91 Å². The topological polar surface area (TPSA) is 59.6 Å². The van der Waals surface area contributed by atoms with Crippen LogP contribution in [0.4, 0.5) is 0 Å². The summed E-state index contributed by atoms with van der Waals surface area (Å²) in [5.41, 5.74) is -0.00965. The van der Waals surface area contributed by atoms with Crippen molar-refractivity contribution in [1.29, 1.82) is 0 Å². The lowest BCUT2D eigenvalue weighted by Gasteiger charge is -2.46. The highest BCUT2D eigenvalue weighted by Crippen LogP contribution is 2.28. The molecule has 150 valence electrons. The summed E-state index contributed by atoms with van der Waals surface area (Å²) in [5.74, 6) is 2.05. The molecule has 1 aliphatic rings. The van der Waals surface area contributed by atoms with Gasteiger partial charge >= 0.3 is 0 Å². The van der Waals surface area contributed by atoms with E-state index < -0.39 is 0 Å². The Morgan fingerprint density at radius 1 is 0.929 bits per heavy atom. The third-order valence-electron chi connectivity index (χ3n) is 4.73. The summed E-state index contributed by atoms with van der Waals surface area (Å²) in [5, 5.41) is 6.74. The molecule has 0 unspecified atom stereocenters. The van der Waals surface area contributed by atoms with Crippen LogP contribution in [-0.2, 0) is 4.79 Å². The lowest BCUT2D eigenvalue weighted by Crippen LogP contribution is -2.62. The van der Waals surface area contributed by atoms with Gasteiger partial charge in [0, 0.05) is 17.1 Å². The Labute approximate surface area is 167 Å². The Hall–Kier alpha value is -2.53. The molecule has 28 heavy (non-hydrogen) atoms. The Balaban J connectivity index is 1.48. The minimum atomic E-state index is -0.0943. The number of piperidine rings is 1. The number of hydrogen-bond donors (Lipinski definition) is 2. The van der Waals surface area contributed by atoms with Crippen LogP contribution in [0.15, 0.2) is 54.6 Å². The van der Waals surface area contributed by atoms with Crippen LogP contribution < -0.4 is 20.1 Å². The van der Waals surface area contributed by atoms with Gasteiger partial charge in [-0.3, -0.25) is 4.79 Å². The highest BCUT2D eigenvalue weighted by Gasteiger charge is 2.38. The molecule has 0 spiro atoms. The van der Waals surface area contributed by atoms with E-state index in [2.05, 4.69) is 38.3 Å². The number of hydrogen-bond acceptors (Lipinski definition) is 4. The maximum absolute atomic E-state index is 12.3. The molecule has 1 fully saturated rings. The van der Waals surface area contributed by atoms with Gasteiger partial charge < -0.3 is 20.1 Å². The first kappa shape index (κ1) is 20.2. The van der Waals surface area contributed by atoms with Crippen molar-refractivity contribution in [2.45, 2.75) is 57.7 Å². The molecule has 2 aromatic carbocycles. The standard InChI is InChI=1S/C23H30N2O3/c1-22(2)14-17(15-23(3,4)25-22)24-21(26)16-27-18-10-12-20(13-11-18)28-19-8-6-5-7-9-19/h5-13,17,25H,14-16H2,1-4H3,(H,24,26). The molecule has 1 amide bonds. The van der Waals surface area contributed by atoms with Crippen molar-refractivity contribution in [1.82, 2.24) is 10.6 Å². The van der Waals surface area contributed by atoms with E-state index in [1.165, 1.54) is 0 Å². The molecular weight excluding hydrogens is 352 g/mol. The first-order valence-corrected chi connectivity index (χ1v) is 9.75. The molecule has 0 atom stereocenters. The number of carbonyl (C=O) groups excluding carboxylic acids is 1. The van der Waals surface area contributed by atoms with Crippen molar-refractivity contribution in [2.75, 3.05) is 6.61 Å². The molecule has 0 radical (unpaired) electrons. The molecule has 0 bridgehead atoms. The zero-order chi connectivity index (χ0) is 20.2. The molecule has 0 aromatic heterocycles. The lowest BCUT2D eigenvalue weighted by atomic mass is 9.79. The Morgan fingerprint density at radius 2 is 1.46 bits per heavy atom. The zero-order valence-corrected chi connectivity index (χ0v) is 17.1. The SMILES string of the molecule is CC1(C)CC(NC(=O)COc2ccc(Oc3ccccc3)cc2)CC(C)(C)N1. The number of para-hydroxylation sites is 1. The van der Waals surface area contributed by atoms with Crippen molar-refractivity contribution in [3.8, 4) is 17.2 Å². The molecule has 0 aliphatic carbocycles. The fourth-order valence-electron chi connectivity index (χ4n) is 4.07. The molecule has 1 aliphatic heterocycles. The Kier molecular flexibility index (Phi) is 5.94. The summed E-state index contributed by atoms with van der Waals surface area (Å²) in [7, 11) is 0. The molecule has 3 rings (SSSR count). The highest BCUT2D eigenvalue weighted by atomic mass is 16.5. The van der Waals surface area contributed by atoms with Crippen molar-refractivity contribution < 1.29 is 14.3 Å². The van der Waals surface area contributed by atoms with Crippen LogP contribution in [-0.4, -0.2) is 29.6 Å². The quantitative estimate of drug-likeness (QED) is 0.783. The summed E-state index contributed by atoms with van der Waals surface area (Å²) in [6.45, 7) is 8.68. The maximum Gasteiger partial charge on any atom is 0.258 e. The predicted molar refractivity (Wildman–Crippen MR) is 111 cm³/mol. The van der Waals surface area contributed by atoms with Gasteiger partial charge in [-0.15, -0.1) is 0 Å². The van der Waals surface area contributed by atoms with Gasteiger partial charge in [-0.25, -0.2) is 0 Å². The summed E-state index contributed by atoms with van der Waals surface area (Å²) < 4.78 is 11.4. The first-order valence-electron chi connectivity index (χ1n) is 9.75. The van der Waals surface area contributed by atoms with Crippen molar-refractivity contribution in [2.24, 2.45) is 0 Å². The van der Waals surface area contributed by atoms with Crippen LogP contribution in [0.25, 0.3) is 0 Å². The smallest absolute Gasteiger partial charge is 0.258 e. The summed E-state index contributed by atoms with van der Waals surface area (Å²) in [6, 6.07) is 17.0. The van der Waals surface area contributed by atoms with E-state index in [4.69, 9.17) is 9.47 Å². The van der Waals surface area contributed by atoms with E-state index in [1.54, 1.807) is 0 Å². The van der Waals surface area contributed by atoms with E-state index in [-0.39, 0.29) is 29.6 Å². The molecule has 1 saturated heterocycles. The van der Waals surface area contributed by atoms with Crippen LogP contribution in [0, 0.1) is 0 Å². The highest BCUT2D eigenvalue weighted by molar-refractivity contribution is 5.77. The van der Waals surface area contributed by atoms with Crippen molar-refractivity contribution in [3.05, 3.63) is 54.6 Å². The summed E-state index contributed by atoms with van der Waals surface area (Å²) in [4.78, 5) is 12.3. The minimum Gasteiger partial charge on any atom is -0.484 e. The van der Waals surface area contributed by atoms with Gasteiger partial charge in [-0.05, 0) is 76.9 Å². The average molecular weight is 383 g/mol. The van der Waals surface area contributed by atoms with Crippen molar-refractivity contribution in [3.63, 3.8) is 0 Å². The molecule has 0 saturated carbocycles. The Morgan fingerprint density at radius 3 is 2.07 bits per heavy atom. The Bertz CT molecular complexity index is 769. The second-order valence-electron chi connectivity index (χ2n) is 8.74. The van der Waals surface area contributed by atoms with Gasteiger partial charge in [-0.1, -0.05) is 18.2 Å². The fraction of sp³-hybridized carbons (Fsp3) is 0.435. The fourth-order valence-corrected chi connectivity index (χ4v) is 4.07. The zero-order valence-electron chi connectivity index (χ0n) is 17.1. The second kappa shape index (κ2) is 8.23. The first-order chi connectivity index (χ1) is 13.2. The molecule has 2 N–H and O–H groups in total. The van der Waals surface area contributed by atoms with Crippen LogP contribution in [0.1, 0.15) is 40.5 Å². The summed E-state index contributed by atoms with van der Waals surface area (Å²) >= 11 is 0. The van der Waals surface area contributed by atoms with Gasteiger partial charge in [0.15, 0.2) is 6.61 Å². The van der Waals surface area contributed by atoms with Crippen LogP contribution >= 0.6 is 0 Å². The third-order valence-corrected chi connectivity index (χ3v) is 4.73. The van der Waals surface area contributed by atoms with Crippen molar-refractivity contribution >= 4 is 5.91 Å². The number of rotatable bonds is 6. The predicted octanol–water partition coefficient (Wildman–Crippen LogP) is 4.28. The van der Waals surface area contributed by atoms with E-state index in [0.717, 1.165) is 24.3 Å². The number of benzene rings is 2. The molecule has 1 heterocycles.